The van der Waals surface area contributed by atoms with E-state index in [1.807, 2.05) is 0 Å². The Balaban J connectivity index is 3.23. The van der Waals surface area contributed by atoms with Crippen molar-refractivity contribution in [1.29, 1.82) is 0 Å². The lowest BCUT2D eigenvalue weighted by Crippen LogP contribution is -2.00. The maximum Gasteiger partial charge on any atom is 0.266 e. The van der Waals surface area contributed by atoms with E-state index in [-0.39, 0.29) is 20.2 Å². The van der Waals surface area contributed by atoms with Gasteiger partial charge in [0.05, 0.1) is 14.8 Å². The van der Waals surface area contributed by atoms with Gasteiger partial charge in [0.15, 0.2) is 5.82 Å². The van der Waals surface area contributed by atoms with Gasteiger partial charge in [-0.3, -0.25) is 4.98 Å². The quantitative estimate of drug-likeness (QED) is 0.575. The molecule has 0 aliphatic rings. The van der Waals surface area contributed by atoms with Gasteiger partial charge in [-0.25, -0.2) is 13.2 Å². The van der Waals surface area contributed by atoms with Gasteiger partial charge in [0.2, 0.25) is 0 Å². The van der Waals surface area contributed by atoms with Gasteiger partial charge in [0.25, 0.3) is 6.43 Å². The topological polar surface area (TPSA) is 12.9 Å². The molecule has 72 valence electrons. The second kappa shape index (κ2) is 4.59. The normalized spacial score (nSPS) is 10.9. The Hall–Kier alpha value is 0.150. The summed E-state index contributed by atoms with van der Waals surface area (Å²) in [6.07, 6.45) is -1.68. The molecule has 0 aromatic carbocycles. The van der Waals surface area contributed by atoms with Crippen LogP contribution in [-0.2, 0) is 5.33 Å². The molecule has 0 saturated carbocycles. The molecule has 0 aliphatic carbocycles. The highest BCUT2D eigenvalue weighted by atomic mass is 127. The minimum atomic E-state index is -2.68. The summed E-state index contributed by atoms with van der Waals surface area (Å²) in [6.45, 7) is 0. The molecule has 0 bridgehead atoms. The van der Waals surface area contributed by atoms with Crippen molar-refractivity contribution in [2.75, 3.05) is 0 Å². The molecule has 1 heterocycles. The van der Waals surface area contributed by atoms with Crippen LogP contribution >= 0.6 is 38.5 Å². The van der Waals surface area contributed by atoms with Gasteiger partial charge in [-0.1, -0.05) is 15.9 Å². The van der Waals surface area contributed by atoms with E-state index < -0.39 is 12.2 Å². The molecule has 6 heteroatoms. The summed E-state index contributed by atoms with van der Waals surface area (Å²) in [5.41, 5.74) is -0.211. The van der Waals surface area contributed by atoms with Gasteiger partial charge >= 0.3 is 0 Å². The molecule has 0 aliphatic heterocycles. The molecular weight excluding hydrogens is 362 g/mol. The van der Waals surface area contributed by atoms with Crippen LogP contribution in [-0.4, -0.2) is 4.98 Å². The maximum absolute atomic E-state index is 13.2. The number of hydrogen-bond donors (Lipinski definition) is 0. The summed E-state index contributed by atoms with van der Waals surface area (Å²) in [7, 11) is 0. The Kier molecular flexibility index (Phi) is 3.96. The smallest absolute Gasteiger partial charge is 0.257 e. The van der Waals surface area contributed by atoms with Crippen LogP contribution < -0.4 is 0 Å². The number of rotatable bonds is 2. The molecule has 0 atom stereocenters. The number of nitrogens with zero attached hydrogens (tertiary/aromatic N) is 1. The Morgan fingerprint density at radius 1 is 1.54 bits per heavy atom. The average molecular weight is 366 g/mol. The van der Waals surface area contributed by atoms with Gasteiger partial charge < -0.3 is 0 Å². The lowest BCUT2D eigenvalue weighted by molar-refractivity contribution is 0.149. The van der Waals surface area contributed by atoms with E-state index in [0.717, 1.165) is 6.20 Å². The van der Waals surface area contributed by atoms with Crippen LogP contribution in [0.3, 0.4) is 0 Å². The number of hydrogen-bond acceptors (Lipinski definition) is 1. The van der Waals surface area contributed by atoms with Gasteiger partial charge in [-0.05, 0) is 22.6 Å². The number of halogens is 5. The Morgan fingerprint density at radius 3 is 2.62 bits per heavy atom. The summed E-state index contributed by atoms with van der Waals surface area (Å²) < 4.78 is 37.6. The van der Waals surface area contributed by atoms with Crippen molar-refractivity contribution >= 4 is 38.5 Å². The van der Waals surface area contributed by atoms with Crippen molar-refractivity contribution in [3.63, 3.8) is 0 Å². The average Bonchev–Trinajstić information content (AvgIpc) is 2.09. The van der Waals surface area contributed by atoms with Gasteiger partial charge in [-0.15, -0.1) is 0 Å². The number of alkyl halides is 3. The van der Waals surface area contributed by atoms with Crippen molar-refractivity contribution in [2.24, 2.45) is 0 Å². The summed E-state index contributed by atoms with van der Waals surface area (Å²) >= 11 is 4.56. The van der Waals surface area contributed by atoms with E-state index in [4.69, 9.17) is 0 Å². The first kappa shape index (κ1) is 11.2. The third kappa shape index (κ3) is 2.34. The standard InChI is InChI=1S/C7H4BrF3IN/c8-1-4-5(9)6(12)3(2-13-4)7(10)11/h2,7H,1H2. The third-order valence-electron chi connectivity index (χ3n) is 1.42. The minimum Gasteiger partial charge on any atom is -0.257 e. The van der Waals surface area contributed by atoms with Crippen molar-refractivity contribution in [1.82, 2.24) is 4.98 Å². The van der Waals surface area contributed by atoms with Crippen LogP contribution in [0.1, 0.15) is 17.7 Å². The molecule has 1 aromatic rings. The third-order valence-corrected chi connectivity index (χ3v) is 3.05. The number of aromatic nitrogens is 1. The zero-order valence-corrected chi connectivity index (χ0v) is 9.94. The van der Waals surface area contributed by atoms with Crippen molar-refractivity contribution in [2.45, 2.75) is 11.8 Å². The molecule has 0 unspecified atom stereocenters. The highest BCUT2D eigenvalue weighted by Crippen LogP contribution is 2.27. The van der Waals surface area contributed by atoms with Crippen LogP contribution in [0.5, 0.6) is 0 Å². The molecule has 1 aromatic heterocycles. The zero-order chi connectivity index (χ0) is 10.0. The lowest BCUT2D eigenvalue weighted by atomic mass is 10.2. The van der Waals surface area contributed by atoms with E-state index >= 15 is 0 Å². The Morgan fingerprint density at radius 2 is 2.15 bits per heavy atom. The molecule has 1 rings (SSSR count). The van der Waals surface area contributed by atoms with Gasteiger partial charge in [0, 0.05) is 11.5 Å². The summed E-state index contributed by atoms with van der Waals surface area (Å²) in [4.78, 5) is 3.57. The van der Waals surface area contributed by atoms with Gasteiger partial charge in [0.1, 0.15) is 0 Å². The van der Waals surface area contributed by atoms with Crippen LogP contribution in [0.2, 0.25) is 0 Å². The van der Waals surface area contributed by atoms with Crippen molar-refractivity contribution in [3.05, 3.63) is 26.8 Å². The van der Waals surface area contributed by atoms with Crippen molar-refractivity contribution < 1.29 is 13.2 Å². The first-order valence-electron chi connectivity index (χ1n) is 3.24. The van der Waals surface area contributed by atoms with Crippen LogP contribution in [0, 0.1) is 9.39 Å². The second-order valence-corrected chi connectivity index (χ2v) is 3.86. The SMILES string of the molecule is Fc1c(CBr)ncc(C(F)F)c1I. The Bertz CT molecular complexity index is 319. The summed E-state index contributed by atoms with van der Waals surface area (Å²) in [5, 5.41) is 0.221. The van der Waals surface area contributed by atoms with Crippen LogP contribution in [0.15, 0.2) is 6.20 Å². The van der Waals surface area contributed by atoms with Gasteiger partial charge in [-0.2, -0.15) is 0 Å². The summed E-state index contributed by atoms with van der Waals surface area (Å²) in [5.74, 6) is -0.671. The maximum atomic E-state index is 13.2. The molecule has 0 saturated heterocycles. The monoisotopic (exact) mass is 365 g/mol. The first-order chi connectivity index (χ1) is 6.07. The predicted molar refractivity (Wildman–Crippen MR) is 54.5 cm³/mol. The van der Waals surface area contributed by atoms with Crippen LogP contribution in [0.25, 0.3) is 0 Å². The highest BCUT2D eigenvalue weighted by Gasteiger charge is 2.17. The predicted octanol–water partition coefficient (Wildman–Crippen LogP) is 3.66. The fourth-order valence-corrected chi connectivity index (χ4v) is 1.84. The van der Waals surface area contributed by atoms with E-state index in [9.17, 15) is 13.2 Å². The van der Waals surface area contributed by atoms with E-state index in [0.29, 0.717) is 0 Å². The largest absolute Gasteiger partial charge is 0.266 e. The number of pyridine rings is 1. The second-order valence-electron chi connectivity index (χ2n) is 2.22. The molecular formula is C7H4BrF3IN. The Labute approximate surface area is 95.0 Å². The van der Waals surface area contributed by atoms with Crippen molar-refractivity contribution in [3.8, 4) is 0 Å². The molecule has 0 spiro atoms. The van der Waals surface area contributed by atoms with E-state index in [1.165, 1.54) is 0 Å². The fraction of sp³-hybridized carbons (Fsp3) is 0.286. The van der Waals surface area contributed by atoms with Crippen LogP contribution in [0.4, 0.5) is 13.2 Å². The molecule has 0 N–H and O–H groups in total. The highest BCUT2D eigenvalue weighted by molar-refractivity contribution is 14.1. The molecule has 0 amide bonds. The zero-order valence-electron chi connectivity index (χ0n) is 6.20. The fourth-order valence-electron chi connectivity index (χ4n) is 0.760. The minimum absolute atomic E-state index is 0.0583. The first-order valence-corrected chi connectivity index (χ1v) is 5.44. The lowest BCUT2D eigenvalue weighted by Gasteiger charge is -2.05. The molecule has 1 nitrogen and oxygen atoms in total. The summed E-state index contributed by atoms with van der Waals surface area (Å²) in [6, 6.07) is 0. The molecule has 0 fully saturated rings. The van der Waals surface area contributed by atoms with E-state index in [1.54, 1.807) is 22.6 Å². The van der Waals surface area contributed by atoms with E-state index in [2.05, 4.69) is 20.9 Å². The molecule has 13 heavy (non-hydrogen) atoms. The molecule has 0 radical (unpaired) electrons.